The van der Waals surface area contributed by atoms with E-state index < -0.39 is 16.0 Å². The average molecular weight is 547 g/mol. The van der Waals surface area contributed by atoms with Gasteiger partial charge in [-0.25, -0.2) is 18.2 Å². The number of hydrogen-bond donors (Lipinski definition) is 2. The van der Waals surface area contributed by atoms with Crippen LogP contribution >= 0.6 is 0 Å². The molecule has 5 rings (SSSR count). The van der Waals surface area contributed by atoms with Crippen LogP contribution in [0.15, 0.2) is 71.6 Å². The fourth-order valence-electron chi connectivity index (χ4n) is 4.82. The number of aryl methyl sites for hydroxylation is 2. The Hall–Kier alpha value is -4.31. The van der Waals surface area contributed by atoms with Crippen molar-refractivity contribution >= 4 is 44.1 Å². The lowest BCUT2D eigenvalue weighted by Gasteiger charge is -2.37. The number of ether oxygens (including phenoxy) is 1. The zero-order valence-electron chi connectivity index (χ0n) is 22.0. The summed E-state index contributed by atoms with van der Waals surface area (Å²) in [6, 6.07) is 18.8. The molecule has 1 aliphatic rings. The second-order valence-electron chi connectivity index (χ2n) is 9.61. The number of piperazine rings is 1. The molecule has 0 saturated carbocycles. The summed E-state index contributed by atoms with van der Waals surface area (Å²) in [5.41, 5.74) is 4.46. The maximum absolute atomic E-state index is 12.9. The highest BCUT2D eigenvalue weighted by Crippen LogP contribution is 2.29. The van der Waals surface area contributed by atoms with Gasteiger partial charge < -0.3 is 19.6 Å². The molecule has 1 fully saturated rings. The van der Waals surface area contributed by atoms with Crippen molar-refractivity contribution in [1.29, 1.82) is 0 Å². The number of anilines is 3. The highest BCUT2D eigenvalue weighted by molar-refractivity contribution is 7.92. The number of benzene rings is 3. The van der Waals surface area contributed by atoms with Crippen LogP contribution in [0.1, 0.15) is 21.5 Å². The number of carboxylic acids is 1. The van der Waals surface area contributed by atoms with Gasteiger partial charge in [-0.05, 0) is 79.6 Å². The first-order chi connectivity index (χ1) is 18.6. The summed E-state index contributed by atoms with van der Waals surface area (Å²) in [7, 11) is -2.38. The highest BCUT2D eigenvalue weighted by atomic mass is 32.2. The Balaban J connectivity index is 1.39. The van der Waals surface area contributed by atoms with Gasteiger partial charge in [-0.1, -0.05) is 12.1 Å². The molecule has 0 bridgehead atoms. The molecule has 3 aromatic carbocycles. The summed E-state index contributed by atoms with van der Waals surface area (Å²) >= 11 is 0. The molecule has 4 aromatic rings. The van der Waals surface area contributed by atoms with E-state index >= 15 is 0 Å². The van der Waals surface area contributed by atoms with Crippen LogP contribution in [-0.2, 0) is 10.0 Å². The van der Waals surface area contributed by atoms with Crippen molar-refractivity contribution in [2.24, 2.45) is 0 Å². The zero-order valence-corrected chi connectivity index (χ0v) is 22.8. The van der Waals surface area contributed by atoms with E-state index in [9.17, 15) is 18.3 Å². The molecular weight excluding hydrogens is 516 g/mol. The largest absolute Gasteiger partial charge is 0.497 e. The standard InChI is InChI=1S/C29H30N4O5S/c1-19-4-5-20(2)27(16-19)32-12-14-33(15-13-32)28-18-25(29(34)35)24-17-21(6-11-26(24)30-28)31-39(36,37)23-9-7-22(38-3)8-10-23/h4-11,16-18,31H,12-15H2,1-3H3,(H,34,35). The van der Waals surface area contributed by atoms with Gasteiger partial charge in [0.2, 0.25) is 0 Å². The van der Waals surface area contributed by atoms with E-state index in [4.69, 9.17) is 9.72 Å². The van der Waals surface area contributed by atoms with Crippen LogP contribution in [0, 0.1) is 13.8 Å². The average Bonchev–Trinajstić information content (AvgIpc) is 2.93. The molecule has 1 aromatic heterocycles. The van der Waals surface area contributed by atoms with Crippen molar-refractivity contribution in [2.75, 3.05) is 47.8 Å². The molecule has 0 atom stereocenters. The number of aromatic nitrogens is 1. The summed E-state index contributed by atoms with van der Waals surface area (Å²) in [4.78, 5) is 21.5. The lowest BCUT2D eigenvalue weighted by molar-refractivity contribution is 0.0699. The molecule has 10 heteroatoms. The number of nitrogens with zero attached hydrogens (tertiary/aromatic N) is 3. The third-order valence-electron chi connectivity index (χ3n) is 6.96. The molecule has 1 aliphatic heterocycles. The zero-order chi connectivity index (χ0) is 27.7. The molecule has 0 spiro atoms. The SMILES string of the molecule is COc1ccc(S(=O)(=O)Nc2ccc3nc(N4CCN(c5cc(C)ccc5C)CC4)cc(C(=O)O)c3c2)cc1. The quantitative estimate of drug-likeness (QED) is 0.344. The summed E-state index contributed by atoms with van der Waals surface area (Å²) in [5, 5.41) is 10.4. The Kier molecular flexibility index (Phi) is 7.05. The Morgan fingerprint density at radius 2 is 1.62 bits per heavy atom. The van der Waals surface area contributed by atoms with Crippen LogP contribution in [0.4, 0.5) is 17.2 Å². The van der Waals surface area contributed by atoms with E-state index in [1.165, 1.54) is 42.1 Å². The monoisotopic (exact) mass is 546 g/mol. The number of fused-ring (bicyclic) bond motifs is 1. The van der Waals surface area contributed by atoms with Gasteiger partial charge in [0, 0.05) is 42.9 Å². The highest BCUT2D eigenvalue weighted by Gasteiger charge is 2.23. The van der Waals surface area contributed by atoms with Crippen molar-refractivity contribution in [3.63, 3.8) is 0 Å². The molecule has 0 aliphatic carbocycles. The number of carbonyl (C=O) groups is 1. The third-order valence-corrected chi connectivity index (χ3v) is 8.35. The summed E-state index contributed by atoms with van der Waals surface area (Å²) in [6.45, 7) is 7.17. The van der Waals surface area contributed by atoms with Crippen molar-refractivity contribution in [3.05, 3.63) is 83.4 Å². The first-order valence-electron chi connectivity index (χ1n) is 12.6. The minimum atomic E-state index is -3.89. The van der Waals surface area contributed by atoms with E-state index in [1.807, 2.05) is 0 Å². The van der Waals surface area contributed by atoms with Crippen LogP contribution < -0.4 is 19.3 Å². The topological polar surface area (TPSA) is 112 Å². The van der Waals surface area contributed by atoms with Gasteiger partial charge in [-0.3, -0.25) is 4.72 Å². The second-order valence-corrected chi connectivity index (χ2v) is 11.3. The molecule has 0 radical (unpaired) electrons. The van der Waals surface area contributed by atoms with Crippen molar-refractivity contribution in [3.8, 4) is 5.75 Å². The van der Waals surface area contributed by atoms with Gasteiger partial charge in [0.05, 0.1) is 23.1 Å². The van der Waals surface area contributed by atoms with Crippen molar-refractivity contribution < 1.29 is 23.1 Å². The molecule has 1 saturated heterocycles. The Labute approximate surface area is 227 Å². The molecule has 39 heavy (non-hydrogen) atoms. The molecule has 202 valence electrons. The Morgan fingerprint density at radius 1 is 0.923 bits per heavy atom. The van der Waals surface area contributed by atoms with Crippen molar-refractivity contribution in [2.45, 2.75) is 18.7 Å². The predicted molar refractivity (Wildman–Crippen MR) is 153 cm³/mol. The minimum absolute atomic E-state index is 0.0651. The van der Waals surface area contributed by atoms with Crippen LogP contribution in [0.5, 0.6) is 5.75 Å². The van der Waals surface area contributed by atoms with Gasteiger partial charge in [0.25, 0.3) is 10.0 Å². The second kappa shape index (κ2) is 10.5. The summed E-state index contributed by atoms with van der Waals surface area (Å²) in [5.74, 6) is 0.0271. The van der Waals surface area contributed by atoms with Gasteiger partial charge in [-0.15, -0.1) is 0 Å². The van der Waals surface area contributed by atoms with Crippen LogP contribution in [0.25, 0.3) is 10.9 Å². The van der Waals surface area contributed by atoms with E-state index in [0.717, 1.165) is 13.1 Å². The molecular formula is C29H30N4O5S. The lowest BCUT2D eigenvalue weighted by Crippen LogP contribution is -2.47. The molecule has 2 N–H and O–H groups in total. The number of pyridine rings is 1. The first kappa shape index (κ1) is 26.3. The first-order valence-corrected chi connectivity index (χ1v) is 14.0. The van der Waals surface area contributed by atoms with Crippen LogP contribution in [0.3, 0.4) is 0 Å². The van der Waals surface area contributed by atoms with Crippen LogP contribution in [-0.4, -0.2) is 57.8 Å². The number of aromatic carboxylic acids is 1. The maximum Gasteiger partial charge on any atom is 0.336 e. The maximum atomic E-state index is 12.9. The minimum Gasteiger partial charge on any atom is -0.497 e. The molecule has 0 amide bonds. The molecule has 9 nitrogen and oxygen atoms in total. The number of rotatable bonds is 7. The number of carboxylic acid groups (broad SMARTS) is 1. The summed E-state index contributed by atoms with van der Waals surface area (Å²) < 4.78 is 33.4. The number of sulfonamides is 1. The Morgan fingerprint density at radius 3 is 2.28 bits per heavy atom. The number of hydrogen-bond acceptors (Lipinski definition) is 7. The molecule has 0 unspecified atom stereocenters. The molecule has 2 heterocycles. The fraction of sp³-hybridized carbons (Fsp3) is 0.241. The Bertz CT molecular complexity index is 1650. The van der Waals surface area contributed by atoms with Crippen LogP contribution in [0.2, 0.25) is 0 Å². The number of nitrogens with one attached hydrogen (secondary N) is 1. The lowest BCUT2D eigenvalue weighted by atomic mass is 10.1. The normalized spacial score (nSPS) is 13.9. The van der Waals surface area contributed by atoms with Crippen molar-refractivity contribution in [1.82, 2.24) is 4.98 Å². The fourth-order valence-corrected chi connectivity index (χ4v) is 5.87. The van der Waals surface area contributed by atoms with Gasteiger partial charge in [0.15, 0.2) is 0 Å². The van der Waals surface area contributed by atoms with Gasteiger partial charge in [0.1, 0.15) is 11.6 Å². The smallest absolute Gasteiger partial charge is 0.336 e. The van der Waals surface area contributed by atoms with Gasteiger partial charge in [-0.2, -0.15) is 0 Å². The number of methoxy groups -OCH3 is 1. The predicted octanol–water partition coefficient (Wildman–Crippen LogP) is 4.69. The van der Waals surface area contributed by atoms with Gasteiger partial charge >= 0.3 is 5.97 Å². The van der Waals surface area contributed by atoms with E-state index in [2.05, 4.69) is 46.6 Å². The van der Waals surface area contributed by atoms with E-state index in [0.29, 0.717) is 35.6 Å². The third kappa shape index (κ3) is 5.46. The van der Waals surface area contributed by atoms with E-state index in [-0.39, 0.29) is 16.1 Å². The van der Waals surface area contributed by atoms with E-state index in [1.54, 1.807) is 30.3 Å². The summed E-state index contributed by atoms with van der Waals surface area (Å²) in [6.07, 6.45) is 0.